The van der Waals surface area contributed by atoms with Gasteiger partial charge in [0.15, 0.2) is 0 Å². The van der Waals surface area contributed by atoms with Gasteiger partial charge in [-0.15, -0.1) is 0 Å². The molecule has 18 heavy (non-hydrogen) atoms. The summed E-state index contributed by atoms with van der Waals surface area (Å²) in [7, 11) is 1.13. The third-order valence-electron chi connectivity index (χ3n) is 3.57. The van der Waals surface area contributed by atoms with Crippen LogP contribution in [0.15, 0.2) is 0 Å². The van der Waals surface area contributed by atoms with Crippen molar-refractivity contribution in [2.45, 2.75) is 38.6 Å². The van der Waals surface area contributed by atoms with Crippen molar-refractivity contribution in [2.75, 3.05) is 38.7 Å². The molecule has 0 aromatic carbocycles. The van der Waals surface area contributed by atoms with Crippen LogP contribution in [0.5, 0.6) is 0 Å². The van der Waals surface area contributed by atoms with Crippen LogP contribution in [0.2, 0.25) is 0 Å². The topological polar surface area (TPSA) is 40.6 Å². The molecule has 1 saturated heterocycles. The maximum atomic E-state index is 12.2. The highest BCUT2D eigenvalue weighted by Gasteiger charge is 2.19. The third kappa shape index (κ3) is 5.48. The van der Waals surface area contributed by atoms with Crippen LogP contribution in [0, 0.1) is 0 Å². The zero-order valence-electron chi connectivity index (χ0n) is 11.9. The SMILES string of the molecule is C[C@H](C[S@@](C)=O)N(C)CC(=O)N1CCCCCC1. The van der Waals surface area contributed by atoms with E-state index in [1.165, 1.54) is 12.8 Å². The van der Waals surface area contributed by atoms with Crippen LogP contribution >= 0.6 is 0 Å². The van der Waals surface area contributed by atoms with E-state index in [0.717, 1.165) is 25.9 Å². The molecule has 1 fully saturated rings. The first-order valence-electron chi connectivity index (χ1n) is 6.78. The molecule has 1 heterocycles. The number of carbonyl (C=O) groups excluding carboxylic acids is 1. The minimum atomic E-state index is -0.805. The lowest BCUT2D eigenvalue weighted by atomic mass is 10.2. The maximum absolute atomic E-state index is 12.2. The first-order valence-corrected chi connectivity index (χ1v) is 8.51. The first kappa shape index (κ1) is 15.6. The number of rotatable bonds is 5. The Hall–Kier alpha value is -0.420. The van der Waals surface area contributed by atoms with E-state index in [1.54, 1.807) is 6.26 Å². The molecule has 0 saturated carbocycles. The van der Waals surface area contributed by atoms with Crippen LogP contribution in [0.4, 0.5) is 0 Å². The van der Waals surface area contributed by atoms with Gasteiger partial charge in [0, 0.05) is 41.9 Å². The van der Waals surface area contributed by atoms with Gasteiger partial charge in [0.1, 0.15) is 0 Å². The predicted octanol–water partition coefficient (Wildman–Crippen LogP) is 1.09. The van der Waals surface area contributed by atoms with Crippen LogP contribution in [-0.2, 0) is 15.6 Å². The van der Waals surface area contributed by atoms with E-state index < -0.39 is 10.8 Å². The summed E-state index contributed by atoms with van der Waals surface area (Å²) in [5, 5.41) is 0. The molecule has 1 rings (SSSR count). The Kier molecular flexibility index (Phi) is 6.86. The highest BCUT2D eigenvalue weighted by Crippen LogP contribution is 2.10. The number of amides is 1. The van der Waals surface area contributed by atoms with Crippen LogP contribution < -0.4 is 0 Å². The van der Waals surface area contributed by atoms with Gasteiger partial charge in [-0.2, -0.15) is 0 Å². The van der Waals surface area contributed by atoms with E-state index in [9.17, 15) is 9.00 Å². The smallest absolute Gasteiger partial charge is 0.236 e. The average molecular weight is 274 g/mol. The monoisotopic (exact) mass is 274 g/mol. The van der Waals surface area contributed by atoms with Crippen molar-refractivity contribution in [3.8, 4) is 0 Å². The van der Waals surface area contributed by atoms with Gasteiger partial charge in [0.2, 0.25) is 5.91 Å². The zero-order valence-corrected chi connectivity index (χ0v) is 12.7. The highest BCUT2D eigenvalue weighted by molar-refractivity contribution is 7.84. The van der Waals surface area contributed by atoms with Crippen molar-refractivity contribution in [1.82, 2.24) is 9.80 Å². The van der Waals surface area contributed by atoms with E-state index in [1.807, 2.05) is 23.8 Å². The number of hydrogen-bond donors (Lipinski definition) is 0. The van der Waals surface area contributed by atoms with Crippen LogP contribution in [0.1, 0.15) is 32.6 Å². The average Bonchev–Trinajstić information content (AvgIpc) is 2.56. The second-order valence-corrected chi connectivity index (χ2v) is 6.78. The van der Waals surface area contributed by atoms with E-state index in [0.29, 0.717) is 12.3 Å². The predicted molar refractivity (Wildman–Crippen MR) is 76.1 cm³/mol. The van der Waals surface area contributed by atoms with Gasteiger partial charge in [0.05, 0.1) is 6.54 Å². The van der Waals surface area contributed by atoms with E-state index in [4.69, 9.17) is 0 Å². The first-order chi connectivity index (χ1) is 8.50. The Morgan fingerprint density at radius 3 is 2.33 bits per heavy atom. The Balaban J connectivity index is 2.39. The Morgan fingerprint density at radius 1 is 1.28 bits per heavy atom. The highest BCUT2D eigenvalue weighted by atomic mass is 32.2. The van der Waals surface area contributed by atoms with Crippen LogP contribution in [0.25, 0.3) is 0 Å². The van der Waals surface area contributed by atoms with Crippen molar-refractivity contribution < 1.29 is 9.00 Å². The summed E-state index contributed by atoms with van der Waals surface area (Å²) in [4.78, 5) is 16.2. The van der Waals surface area contributed by atoms with Crippen LogP contribution in [0.3, 0.4) is 0 Å². The summed E-state index contributed by atoms with van der Waals surface area (Å²) in [6.07, 6.45) is 6.45. The van der Waals surface area contributed by atoms with Gasteiger partial charge in [-0.3, -0.25) is 13.9 Å². The van der Waals surface area contributed by atoms with E-state index in [-0.39, 0.29) is 11.9 Å². The van der Waals surface area contributed by atoms with Crippen molar-refractivity contribution in [3.63, 3.8) is 0 Å². The normalized spacial score (nSPS) is 20.6. The molecule has 0 aliphatic carbocycles. The second kappa shape index (κ2) is 7.89. The molecule has 0 aromatic heterocycles. The summed E-state index contributed by atoms with van der Waals surface area (Å²) < 4.78 is 11.2. The molecule has 5 heteroatoms. The summed E-state index contributed by atoms with van der Waals surface area (Å²) >= 11 is 0. The molecule has 1 aliphatic rings. The van der Waals surface area contributed by atoms with Crippen LogP contribution in [-0.4, -0.2) is 64.6 Å². The lowest BCUT2D eigenvalue weighted by Crippen LogP contribution is -2.43. The van der Waals surface area contributed by atoms with Gasteiger partial charge in [-0.05, 0) is 26.8 Å². The molecular formula is C13H26N2O2S. The molecule has 2 atom stereocenters. The van der Waals surface area contributed by atoms with Gasteiger partial charge in [-0.25, -0.2) is 0 Å². The van der Waals surface area contributed by atoms with E-state index in [2.05, 4.69) is 0 Å². The van der Waals surface area contributed by atoms with E-state index >= 15 is 0 Å². The summed E-state index contributed by atoms with van der Waals surface area (Å²) in [5.41, 5.74) is 0. The molecule has 0 aromatic rings. The Labute approximate surface area is 113 Å². The largest absolute Gasteiger partial charge is 0.342 e. The van der Waals surface area contributed by atoms with Crippen molar-refractivity contribution >= 4 is 16.7 Å². The number of likely N-dealkylation sites (N-methyl/N-ethyl adjacent to an activating group) is 1. The number of carbonyl (C=O) groups is 1. The fourth-order valence-corrected chi connectivity index (χ4v) is 3.19. The lowest BCUT2D eigenvalue weighted by Gasteiger charge is -2.27. The van der Waals surface area contributed by atoms with Crippen molar-refractivity contribution in [2.24, 2.45) is 0 Å². The lowest BCUT2D eigenvalue weighted by molar-refractivity contribution is -0.132. The molecule has 106 valence electrons. The Morgan fingerprint density at radius 2 is 1.83 bits per heavy atom. The quantitative estimate of drug-likeness (QED) is 0.753. The van der Waals surface area contributed by atoms with Gasteiger partial charge in [-0.1, -0.05) is 12.8 Å². The second-order valence-electron chi connectivity index (χ2n) is 5.30. The number of likely N-dealkylation sites (tertiary alicyclic amines) is 1. The molecule has 0 unspecified atom stereocenters. The fourth-order valence-electron chi connectivity index (χ4n) is 2.26. The third-order valence-corrected chi connectivity index (χ3v) is 4.52. The van der Waals surface area contributed by atoms with Crippen molar-refractivity contribution in [1.29, 1.82) is 0 Å². The fraction of sp³-hybridized carbons (Fsp3) is 0.923. The molecule has 0 radical (unpaired) electrons. The van der Waals surface area contributed by atoms with Gasteiger partial charge < -0.3 is 4.90 Å². The molecular weight excluding hydrogens is 248 g/mol. The molecule has 4 nitrogen and oxygen atoms in total. The minimum Gasteiger partial charge on any atom is -0.342 e. The number of nitrogens with zero attached hydrogens (tertiary/aromatic N) is 2. The molecule has 1 aliphatic heterocycles. The molecule has 0 N–H and O–H groups in total. The molecule has 0 bridgehead atoms. The minimum absolute atomic E-state index is 0.187. The zero-order chi connectivity index (χ0) is 13.5. The van der Waals surface area contributed by atoms with Gasteiger partial charge in [0.25, 0.3) is 0 Å². The Bertz CT molecular complexity index is 289. The van der Waals surface area contributed by atoms with Crippen molar-refractivity contribution in [3.05, 3.63) is 0 Å². The van der Waals surface area contributed by atoms with Gasteiger partial charge >= 0.3 is 0 Å². The molecule has 0 spiro atoms. The summed E-state index contributed by atoms with van der Waals surface area (Å²) in [6.45, 7) is 4.27. The maximum Gasteiger partial charge on any atom is 0.236 e. The standard InChI is InChI=1S/C13H26N2O2S/c1-12(11-18(3)17)14(2)10-13(16)15-8-6-4-5-7-9-15/h12H,4-11H2,1-3H3/t12-,18-/m1/s1. The summed E-state index contributed by atoms with van der Waals surface area (Å²) in [5.74, 6) is 0.845. The summed E-state index contributed by atoms with van der Waals surface area (Å²) in [6, 6.07) is 0.187. The molecule has 1 amide bonds. The number of hydrogen-bond acceptors (Lipinski definition) is 3.